The van der Waals surface area contributed by atoms with Crippen molar-refractivity contribution in [1.29, 1.82) is 0 Å². The molecule has 1 aliphatic heterocycles. The summed E-state index contributed by atoms with van der Waals surface area (Å²) in [5.74, 6) is 0. The monoisotopic (exact) mass is 432 g/mol. The number of benzene rings is 2. The number of anilines is 1. The normalized spacial score (nSPS) is 15.0. The quantitative estimate of drug-likeness (QED) is 0.701. The van der Waals surface area contributed by atoms with Gasteiger partial charge >= 0.3 is 169 Å². The Morgan fingerprint density at radius 3 is 2.22 bits per heavy atom. The summed E-state index contributed by atoms with van der Waals surface area (Å²) < 4.78 is 7.58. The summed E-state index contributed by atoms with van der Waals surface area (Å²) in [7, 11) is 1.44. The summed E-state index contributed by atoms with van der Waals surface area (Å²) in [4.78, 5) is 15.8. The number of amides is 1. The summed E-state index contributed by atoms with van der Waals surface area (Å²) >= 11 is 0.292. The number of nitrogens with zero attached hydrogens (tertiary/aromatic N) is 2. The molecule has 5 heteroatoms. The zero-order valence-electron chi connectivity index (χ0n) is 16.6. The molecule has 2 aromatic carbocycles. The first-order valence-corrected chi connectivity index (χ1v) is 11.0. The number of methoxy groups -OCH3 is 1. The van der Waals surface area contributed by atoms with Crippen molar-refractivity contribution >= 4 is 35.7 Å². The standard InChI is InChI=1S/C22H28N2O2Se/c1-22(2,3)17-8-10-19(11-9-17)27-20-7-5-6-18(16-20)23-12-14-24(15-13-23)21(25)26-4/h5-11,16H,12-15H2,1-4H3. The van der Waals surface area contributed by atoms with Gasteiger partial charge in [-0.05, 0) is 0 Å². The number of ether oxygens (including phenoxy) is 1. The fraction of sp³-hybridized carbons (Fsp3) is 0.409. The van der Waals surface area contributed by atoms with Crippen molar-refractivity contribution in [3.63, 3.8) is 0 Å². The van der Waals surface area contributed by atoms with E-state index in [1.165, 1.54) is 27.3 Å². The van der Waals surface area contributed by atoms with Crippen LogP contribution in [0.15, 0.2) is 48.5 Å². The Morgan fingerprint density at radius 2 is 1.63 bits per heavy atom. The van der Waals surface area contributed by atoms with Gasteiger partial charge in [0.25, 0.3) is 0 Å². The maximum atomic E-state index is 11.6. The van der Waals surface area contributed by atoms with E-state index in [4.69, 9.17) is 4.74 Å². The summed E-state index contributed by atoms with van der Waals surface area (Å²) in [6.07, 6.45) is -0.231. The van der Waals surface area contributed by atoms with Gasteiger partial charge in [0.15, 0.2) is 0 Å². The molecule has 2 aromatic rings. The Hall–Kier alpha value is -1.97. The predicted molar refractivity (Wildman–Crippen MR) is 113 cm³/mol. The molecule has 0 radical (unpaired) electrons. The molecule has 0 unspecified atom stereocenters. The van der Waals surface area contributed by atoms with Crippen molar-refractivity contribution < 1.29 is 9.53 Å². The molecule has 0 N–H and O–H groups in total. The van der Waals surface area contributed by atoms with E-state index in [-0.39, 0.29) is 11.5 Å². The number of hydrogen-bond acceptors (Lipinski definition) is 3. The molecule has 0 atom stereocenters. The second-order valence-corrected chi connectivity index (χ2v) is 10.2. The third-order valence-electron chi connectivity index (χ3n) is 4.85. The zero-order valence-corrected chi connectivity index (χ0v) is 18.3. The molecule has 0 aliphatic carbocycles. The molecule has 0 aromatic heterocycles. The van der Waals surface area contributed by atoms with Crippen LogP contribution in [0.4, 0.5) is 10.5 Å². The van der Waals surface area contributed by atoms with Crippen LogP contribution in [0.1, 0.15) is 26.3 Å². The topological polar surface area (TPSA) is 32.8 Å². The van der Waals surface area contributed by atoms with E-state index in [2.05, 4.69) is 74.2 Å². The molecule has 4 nitrogen and oxygen atoms in total. The van der Waals surface area contributed by atoms with E-state index in [1.807, 2.05) is 0 Å². The van der Waals surface area contributed by atoms with Gasteiger partial charge in [-0.15, -0.1) is 0 Å². The van der Waals surface area contributed by atoms with Crippen LogP contribution in [0.2, 0.25) is 0 Å². The van der Waals surface area contributed by atoms with Gasteiger partial charge in [-0.1, -0.05) is 0 Å². The van der Waals surface area contributed by atoms with Crippen LogP contribution in [0.3, 0.4) is 0 Å². The molecule has 0 saturated carbocycles. The van der Waals surface area contributed by atoms with Crippen LogP contribution in [0.25, 0.3) is 0 Å². The number of rotatable bonds is 3. The van der Waals surface area contributed by atoms with Crippen LogP contribution < -0.4 is 13.8 Å². The zero-order chi connectivity index (χ0) is 19.4. The Balaban J connectivity index is 1.65. The van der Waals surface area contributed by atoms with Crippen molar-refractivity contribution in [3.05, 3.63) is 54.1 Å². The van der Waals surface area contributed by atoms with E-state index < -0.39 is 0 Å². The Bertz CT molecular complexity index is 776. The second kappa shape index (κ2) is 8.37. The third-order valence-corrected chi connectivity index (χ3v) is 6.94. The molecule has 144 valence electrons. The van der Waals surface area contributed by atoms with Crippen molar-refractivity contribution in [3.8, 4) is 0 Å². The van der Waals surface area contributed by atoms with E-state index >= 15 is 0 Å². The molecule has 1 saturated heterocycles. The summed E-state index contributed by atoms with van der Waals surface area (Å²) in [5.41, 5.74) is 2.81. The minimum atomic E-state index is -0.231. The summed E-state index contributed by atoms with van der Waals surface area (Å²) in [6, 6.07) is 17.9. The summed E-state index contributed by atoms with van der Waals surface area (Å²) in [5, 5.41) is 0. The van der Waals surface area contributed by atoms with Crippen LogP contribution in [-0.2, 0) is 10.2 Å². The molecule has 0 bridgehead atoms. The van der Waals surface area contributed by atoms with Gasteiger partial charge in [0.1, 0.15) is 0 Å². The number of piperazine rings is 1. The third kappa shape index (κ3) is 5.06. The van der Waals surface area contributed by atoms with Crippen LogP contribution in [-0.4, -0.2) is 59.2 Å². The van der Waals surface area contributed by atoms with Gasteiger partial charge in [0.05, 0.1) is 0 Å². The van der Waals surface area contributed by atoms with Gasteiger partial charge in [-0.25, -0.2) is 0 Å². The van der Waals surface area contributed by atoms with Gasteiger partial charge in [0, 0.05) is 0 Å². The first-order chi connectivity index (χ1) is 12.9. The van der Waals surface area contributed by atoms with Crippen LogP contribution in [0, 0.1) is 0 Å². The molecule has 0 spiro atoms. The Morgan fingerprint density at radius 1 is 0.963 bits per heavy atom. The Labute approximate surface area is 168 Å². The molecule has 27 heavy (non-hydrogen) atoms. The SMILES string of the molecule is COC(=O)N1CCN(c2cccc([Se]c3ccc(C(C)(C)C)cc3)c2)CC1. The molecular weight excluding hydrogens is 403 g/mol. The van der Waals surface area contributed by atoms with E-state index in [1.54, 1.807) is 4.90 Å². The van der Waals surface area contributed by atoms with E-state index in [0.29, 0.717) is 28.0 Å². The molecule has 1 amide bonds. The second-order valence-electron chi connectivity index (χ2n) is 7.82. The number of carbonyl (C=O) groups excluding carboxylic acids is 1. The fourth-order valence-electron chi connectivity index (χ4n) is 3.18. The Kier molecular flexibility index (Phi) is 6.13. The fourth-order valence-corrected chi connectivity index (χ4v) is 5.01. The van der Waals surface area contributed by atoms with Crippen molar-refractivity contribution in [2.75, 3.05) is 38.2 Å². The van der Waals surface area contributed by atoms with Crippen molar-refractivity contribution in [2.24, 2.45) is 0 Å². The average molecular weight is 431 g/mol. The molecule has 1 fully saturated rings. The van der Waals surface area contributed by atoms with Gasteiger partial charge in [0.2, 0.25) is 0 Å². The first kappa shape index (κ1) is 19.8. The average Bonchev–Trinajstić information content (AvgIpc) is 2.67. The van der Waals surface area contributed by atoms with E-state index in [0.717, 1.165) is 13.1 Å². The van der Waals surface area contributed by atoms with Gasteiger partial charge in [-0.3, -0.25) is 0 Å². The molecular formula is C22H28N2O2Se. The van der Waals surface area contributed by atoms with Gasteiger partial charge in [-0.2, -0.15) is 0 Å². The first-order valence-electron chi connectivity index (χ1n) is 9.33. The number of carbonyl (C=O) groups is 1. The van der Waals surface area contributed by atoms with Crippen molar-refractivity contribution in [1.82, 2.24) is 4.90 Å². The minimum absolute atomic E-state index is 0.192. The number of hydrogen-bond donors (Lipinski definition) is 0. The van der Waals surface area contributed by atoms with Crippen molar-refractivity contribution in [2.45, 2.75) is 26.2 Å². The molecule has 1 heterocycles. The predicted octanol–water partition coefficient (Wildman–Crippen LogP) is 2.53. The van der Waals surface area contributed by atoms with Crippen LogP contribution >= 0.6 is 0 Å². The molecule has 1 aliphatic rings. The molecule has 3 rings (SSSR count). The summed E-state index contributed by atoms with van der Waals surface area (Å²) in [6.45, 7) is 9.83. The van der Waals surface area contributed by atoms with Crippen LogP contribution in [0.5, 0.6) is 0 Å². The van der Waals surface area contributed by atoms with E-state index in [9.17, 15) is 4.79 Å². The maximum absolute atomic E-state index is 11.6. The van der Waals surface area contributed by atoms with Gasteiger partial charge < -0.3 is 0 Å².